The molecule has 0 aromatic heterocycles. The topological polar surface area (TPSA) is 61.9 Å². The van der Waals surface area contributed by atoms with Crippen molar-refractivity contribution in [2.45, 2.75) is 19.4 Å². The molecule has 0 aliphatic carbocycles. The van der Waals surface area contributed by atoms with Gasteiger partial charge < -0.3 is 19.9 Å². The lowest BCUT2D eigenvalue weighted by Crippen LogP contribution is -2.49. The molecule has 34 heavy (non-hydrogen) atoms. The molecule has 1 aliphatic heterocycles. The van der Waals surface area contributed by atoms with Crippen LogP contribution in [0.3, 0.4) is 0 Å². The van der Waals surface area contributed by atoms with Crippen LogP contribution < -0.4 is 15.0 Å². The SMILES string of the molecule is CC(C)(Oc1ccccc1)C(=O)Nc1cc(Cl)ccc1N1CCN(C(=O)c2ccccc2)CC1. The lowest BCUT2D eigenvalue weighted by molar-refractivity contribution is -0.128. The molecule has 0 spiro atoms. The van der Waals surface area contributed by atoms with Crippen LogP contribution in [0, 0.1) is 0 Å². The minimum absolute atomic E-state index is 0.0321. The predicted octanol–water partition coefficient (Wildman–Crippen LogP) is 5.10. The Labute approximate surface area is 205 Å². The highest BCUT2D eigenvalue weighted by atomic mass is 35.5. The second-order valence-corrected chi connectivity index (χ2v) is 9.12. The molecule has 0 radical (unpaired) electrons. The summed E-state index contributed by atoms with van der Waals surface area (Å²) in [6.07, 6.45) is 0. The van der Waals surface area contributed by atoms with Gasteiger partial charge in [-0.3, -0.25) is 9.59 Å². The Kier molecular flexibility index (Phi) is 7.08. The molecule has 3 aromatic rings. The van der Waals surface area contributed by atoms with Gasteiger partial charge >= 0.3 is 0 Å². The van der Waals surface area contributed by atoms with Gasteiger partial charge in [0.1, 0.15) is 5.75 Å². The number of anilines is 2. The quantitative estimate of drug-likeness (QED) is 0.536. The predicted molar refractivity (Wildman–Crippen MR) is 136 cm³/mol. The van der Waals surface area contributed by atoms with Gasteiger partial charge in [0.05, 0.1) is 11.4 Å². The Balaban J connectivity index is 1.45. The number of para-hydroxylation sites is 1. The summed E-state index contributed by atoms with van der Waals surface area (Å²) < 4.78 is 5.93. The number of amides is 2. The molecular formula is C27H28ClN3O3. The van der Waals surface area contributed by atoms with E-state index in [9.17, 15) is 9.59 Å². The fraction of sp³-hybridized carbons (Fsp3) is 0.259. The molecule has 2 amide bonds. The van der Waals surface area contributed by atoms with Crippen LogP contribution in [-0.2, 0) is 4.79 Å². The molecule has 0 bridgehead atoms. The number of rotatable bonds is 6. The van der Waals surface area contributed by atoms with E-state index in [1.54, 1.807) is 26.0 Å². The van der Waals surface area contributed by atoms with Crippen LogP contribution in [0.15, 0.2) is 78.9 Å². The number of nitrogens with zero attached hydrogens (tertiary/aromatic N) is 2. The molecule has 3 aromatic carbocycles. The molecule has 4 rings (SSSR count). The van der Waals surface area contributed by atoms with E-state index in [1.807, 2.05) is 71.6 Å². The number of benzene rings is 3. The van der Waals surface area contributed by atoms with Crippen molar-refractivity contribution >= 4 is 34.8 Å². The number of hydrogen-bond acceptors (Lipinski definition) is 4. The van der Waals surface area contributed by atoms with Crippen LogP contribution in [0.1, 0.15) is 24.2 Å². The molecule has 176 valence electrons. The van der Waals surface area contributed by atoms with Gasteiger partial charge in [0, 0.05) is 36.8 Å². The van der Waals surface area contributed by atoms with Crippen molar-refractivity contribution in [1.82, 2.24) is 4.90 Å². The normalized spacial score (nSPS) is 14.0. The molecule has 1 saturated heterocycles. The van der Waals surface area contributed by atoms with Gasteiger partial charge in [0.15, 0.2) is 5.60 Å². The summed E-state index contributed by atoms with van der Waals surface area (Å²) in [6, 6.07) is 24.0. The Morgan fingerprint density at radius 1 is 0.882 bits per heavy atom. The van der Waals surface area contributed by atoms with E-state index in [-0.39, 0.29) is 11.8 Å². The van der Waals surface area contributed by atoms with E-state index in [0.717, 1.165) is 5.69 Å². The van der Waals surface area contributed by atoms with Gasteiger partial charge in [0.2, 0.25) is 0 Å². The van der Waals surface area contributed by atoms with Gasteiger partial charge in [-0.05, 0) is 56.3 Å². The number of piperazine rings is 1. The molecule has 0 saturated carbocycles. The van der Waals surface area contributed by atoms with Gasteiger partial charge in [-0.2, -0.15) is 0 Å². The third kappa shape index (κ3) is 5.51. The summed E-state index contributed by atoms with van der Waals surface area (Å²) >= 11 is 6.26. The summed E-state index contributed by atoms with van der Waals surface area (Å²) in [5.74, 6) is 0.371. The van der Waals surface area contributed by atoms with Gasteiger partial charge in [-0.1, -0.05) is 48.0 Å². The highest BCUT2D eigenvalue weighted by Gasteiger charge is 2.31. The minimum Gasteiger partial charge on any atom is -0.478 e. The molecule has 1 fully saturated rings. The fourth-order valence-electron chi connectivity index (χ4n) is 3.90. The first-order valence-electron chi connectivity index (χ1n) is 11.3. The van der Waals surface area contributed by atoms with Crippen molar-refractivity contribution in [1.29, 1.82) is 0 Å². The van der Waals surface area contributed by atoms with Crippen molar-refractivity contribution in [2.75, 3.05) is 36.4 Å². The molecule has 1 N–H and O–H groups in total. The average Bonchev–Trinajstić information content (AvgIpc) is 2.85. The Morgan fingerprint density at radius 3 is 2.15 bits per heavy atom. The molecule has 1 aliphatic rings. The number of halogens is 1. The third-order valence-corrected chi connectivity index (χ3v) is 6.03. The van der Waals surface area contributed by atoms with Crippen molar-refractivity contribution in [2.24, 2.45) is 0 Å². The molecule has 7 heteroatoms. The lowest BCUT2D eigenvalue weighted by Gasteiger charge is -2.37. The van der Waals surface area contributed by atoms with E-state index < -0.39 is 5.60 Å². The zero-order chi connectivity index (χ0) is 24.1. The van der Waals surface area contributed by atoms with Crippen LogP contribution in [0.25, 0.3) is 0 Å². The van der Waals surface area contributed by atoms with Crippen LogP contribution >= 0.6 is 11.6 Å². The minimum atomic E-state index is -1.10. The van der Waals surface area contributed by atoms with E-state index >= 15 is 0 Å². The maximum Gasteiger partial charge on any atom is 0.268 e. The molecular weight excluding hydrogens is 450 g/mol. The van der Waals surface area contributed by atoms with Gasteiger partial charge in [-0.25, -0.2) is 0 Å². The zero-order valence-corrected chi connectivity index (χ0v) is 20.1. The number of carbonyl (C=O) groups excluding carboxylic acids is 2. The second-order valence-electron chi connectivity index (χ2n) is 8.69. The van der Waals surface area contributed by atoms with Crippen LogP contribution in [0.4, 0.5) is 11.4 Å². The first-order chi connectivity index (χ1) is 16.3. The van der Waals surface area contributed by atoms with Crippen LogP contribution in [-0.4, -0.2) is 48.5 Å². The standard InChI is InChI=1S/C27H28ClN3O3/c1-27(2,34-22-11-7-4-8-12-22)26(33)29-23-19-21(28)13-14-24(23)30-15-17-31(18-16-30)25(32)20-9-5-3-6-10-20/h3-14,19H,15-18H2,1-2H3,(H,29,33). The summed E-state index contributed by atoms with van der Waals surface area (Å²) in [4.78, 5) is 29.9. The summed E-state index contributed by atoms with van der Waals surface area (Å²) in [5, 5.41) is 3.53. The van der Waals surface area contributed by atoms with Crippen molar-refractivity contribution in [3.05, 3.63) is 89.4 Å². The zero-order valence-electron chi connectivity index (χ0n) is 19.3. The Morgan fingerprint density at radius 2 is 1.50 bits per heavy atom. The van der Waals surface area contributed by atoms with Gasteiger partial charge in [0.25, 0.3) is 11.8 Å². The number of nitrogens with one attached hydrogen (secondary N) is 1. The van der Waals surface area contributed by atoms with Gasteiger partial charge in [-0.15, -0.1) is 0 Å². The van der Waals surface area contributed by atoms with Crippen molar-refractivity contribution in [3.63, 3.8) is 0 Å². The largest absolute Gasteiger partial charge is 0.478 e. The fourth-order valence-corrected chi connectivity index (χ4v) is 4.07. The third-order valence-electron chi connectivity index (χ3n) is 5.80. The lowest BCUT2D eigenvalue weighted by atomic mass is 10.1. The molecule has 0 atom stereocenters. The maximum absolute atomic E-state index is 13.1. The van der Waals surface area contributed by atoms with E-state index in [0.29, 0.717) is 48.2 Å². The summed E-state index contributed by atoms with van der Waals surface area (Å²) in [7, 11) is 0. The molecule has 6 nitrogen and oxygen atoms in total. The van der Waals surface area contributed by atoms with E-state index in [4.69, 9.17) is 16.3 Å². The Hall–Kier alpha value is -3.51. The first kappa shape index (κ1) is 23.6. The Bertz CT molecular complexity index is 1140. The van der Waals surface area contributed by atoms with Crippen molar-refractivity contribution < 1.29 is 14.3 Å². The number of hydrogen-bond donors (Lipinski definition) is 1. The molecule has 1 heterocycles. The molecule has 0 unspecified atom stereocenters. The monoisotopic (exact) mass is 477 g/mol. The summed E-state index contributed by atoms with van der Waals surface area (Å²) in [6.45, 7) is 5.93. The van der Waals surface area contributed by atoms with Crippen molar-refractivity contribution in [3.8, 4) is 5.75 Å². The second kappa shape index (κ2) is 10.2. The van der Waals surface area contributed by atoms with E-state index in [2.05, 4.69) is 10.2 Å². The first-order valence-corrected chi connectivity index (χ1v) is 11.7. The number of ether oxygens (including phenoxy) is 1. The van der Waals surface area contributed by atoms with Crippen LogP contribution in [0.2, 0.25) is 5.02 Å². The maximum atomic E-state index is 13.1. The number of carbonyl (C=O) groups is 2. The highest BCUT2D eigenvalue weighted by molar-refractivity contribution is 6.31. The van der Waals surface area contributed by atoms with Crippen LogP contribution in [0.5, 0.6) is 5.75 Å². The smallest absolute Gasteiger partial charge is 0.268 e. The highest BCUT2D eigenvalue weighted by Crippen LogP contribution is 2.31. The average molecular weight is 478 g/mol. The van der Waals surface area contributed by atoms with E-state index in [1.165, 1.54) is 0 Å². The summed E-state index contributed by atoms with van der Waals surface area (Å²) in [5.41, 5.74) is 1.07.